The summed E-state index contributed by atoms with van der Waals surface area (Å²) in [6.07, 6.45) is 2.04. The molecule has 2 unspecified atom stereocenters. The highest BCUT2D eigenvalue weighted by atomic mass is 16.5. The summed E-state index contributed by atoms with van der Waals surface area (Å²) < 4.78 is 10.9. The van der Waals surface area contributed by atoms with Gasteiger partial charge in [0, 0.05) is 13.1 Å². The maximum Gasteiger partial charge on any atom is 0.133 e. The molecular formula is C9H13NO2. The minimum absolute atomic E-state index is 0.0868. The molecule has 1 aromatic heterocycles. The van der Waals surface area contributed by atoms with Crippen molar-refractivity contribution in [1.29, 1.82) is 0 Å². The Kier molecular flexibility index (Phi) is 2.15. The van der Waals surface area contributed by atoms with Crippen LogP contribution in [0.15, 0.2) is 22.8 Å². The molecule has 1 N–H and O–H groups in total. The predicted octanol–water partition coefficient (Wildman–Crippen LogP) is 1.33. The maximum atomic E-state index is 5.67. The van der Waals surface area contributed by atoms with Crippen LogP contribution in [0.5, 0.6) is 0 Å². The van der Waals surface area contributed by atoms with E-state index in [4.69, 9.17) is 9.15 Å². The molecule has 1 aliphatic rings. The Morgan fingerprint density at radius 2 is 2.42 bits per heavy atom. The van der Waals surface area contributed by atoms with Gasteiger partial charge in [0.25, 0.3) is 0 Å². The van der Waals surface area contributed by atoms with Crippen LogP contribution < -0.4 is 5.32 Å². The second-order valence-electron chi connectivity index (χ2n) is 3.11. The molecule has 2 heterocycles. The van der Waals surface area contributed by atoms with Gasteiger partial charge in [0.2, 0.25) is 0 Å². The van der Waals surface area contributed by atoms with Crippen LogP contribution in [0.2, 0.25) is 0 Å². The summed E-state index contributed by atoms with van der Waals surface area (Å²) in [6.45, 7) is 3.83. The molecule has 66 valence electrons. The molecule has 12 heavy (non-hydrogen) atoms. The Morgan fingerprint density at radius 3 is 3.08 bits per heavy atom. The normalized spacial score (nSPS) is 30.4. The van der Waals surface area contributed by atoms with Gasteiger partial charge in [0.15, 0.2) is 0 Å². The lowest BCUT2D eigenvalue weighted by Crippen LogP contribution is -2.38. The molecule has 0 saturated carbocycles. The molecule has 0 amide bonds. The molecule has 0 bridgehead atoms. The Labute approximate surface area is 71.7 Å². The topological polar surface area (TPSA) is 34.4 Å². The van der Waals surface area contributed by atoms with Gasteiger partial charge < -0.3 is 14.5 Å². The van der Waals surface area contributed by atoms with Crippen LogP contribution >= 0.6 is 0 Å². The van der Waals surface area contributed by atoms with Gasteiger partial charge in [0.1, 0.15) is 11.9 Å². The van der Waals surface area contributed by atoms with Gasteiger partial charge in [-0.25, -0.2) is 0 Å². The molecule has 1 fully saturated rings. The van der Waals surface area contributed by atoms with Gasteiger partial charge in [-0.15, -0.1) is 0 Å². The Hall–Kier alpha value is -0.800. The summed E-state index contributed by atoms with van der Waals surface area (Å²) in [7, 11) is 0. The number of hydrogen-bond donors (Lipinski definition) is 1. The van der Waals surface area contributed by atoms with Crippen molar-refractivity contribution in [3.63, 3.8) is 0 Å². The van der Waals surface area contributed by atoms with Crippen molar-refractivity contribution < 1.29 is 9.15 Å². The number of rotatable bonds is 1. The zero-order valence-corrected chi connectivity index (χ0v) is 7.12. The smallest absolute Gasteiger partial charge is 0.133 e. The molecule has 0 spiro atoms. The second kappa shape index (κ2) is 3.29. The Bertz CT molecular complexity index is 233. The van der Waals surface area contributed by atoms with Crippen LogP contribution in [0.3, 0.4) is 0 Å². The molecule has 0 aromatic carbocycles. The van der Waals surface area contributed by atoms with E-state index < -0.39 is 0 Å². The van der Waals surface area contributed by atoms with Gasteiger partial charge in [0.05, 0.1) is 12.4 Å². The van der Waals surface area contributed by atoms with Crippen molar-refractivity contribution >= 4 is 0 Å². The predicted molar refractivity (Wildman–Crippen MR) is 44.9 cm³/mol. The highest BCUT2D eigenvalue weighted by Crippen LogP contribution is 2.20. The van der Waals surface area contributed by atoms with Crippen LogP contribution in [0, 0.1) is 0 Å². The van der Waals surface area contributed by atoms with Crippen molar-refractivity contribution in [3.05, 3.63) is 24.2 Å². The molecule has 2 rings (SSSR count). The average Bonchev–Trinajstić information content (AvgIpc) is 2.56. The second-order valence-corrected chi connectivity index (χ2v) is 3.11. The zero-order valence-electron chi connectivity index (χ0n) is 7.12. The molecule has 0 aliphatic carbocycles. The van der Waals surface area contributed by atoms with Gasteiger partial charge >= 0.3 is 0 Å². The summed E-state index contributed by atoms with van der Waals surface area (Å²) in [4.78, 5) is 0. The van der Waals surface area contributed by atoms with E-state index in [-0.39, 0.29) is 12.2 Å². The lowest BCUT2D eigenvalue weighted by Gasteiger charge is -2.27. The van der Waals surface area contributed by atoms with Crippen LogP contribution in [0.4, 0.5) is 0 Å². The van der Waals surface area contributed by atoms with Gasteiger partial charge in [-0.2, -0.15) is 0 Å². The van der Waals surface area contributed by atoms with E-state index in [2.05, 4.69) is 12.2 Å². The summed E-state index contributed by atoms with van der Waals surface area (Å²) in [5, 5.41) is 3.29. The summed E-state index contributed by atoms with van der Waals surface area (Å²) in [5.41, 5.74) is 0. The van der Waals surface area contributed by atoms with Gasteiger partial charge in [-0.3, -0.25) is 0 Å². The molecular weight excluding hydrogens is 154 g/mol. The quantitative estimate of drug-likeness (QED) is 0.685. The zero-order chi connectivity index (χ0) is 8.39. The number of furan rings is 1. The van der Waals surface area contributed by atoms with E-state index in [0.717, 1.165) is 18.8 Å². The van der Waals surface area contributed by atoms with Gasteiger partial charge in [-0.05, 0) is 19.1 Å². The third-order valence-electron chi connectivity index (χ3n) is 2.02. The molecule has 2 atom stereocenters. The molecule has 1 aromatic rings. The fourth-order valence-electron chi connectivity index (χ4n) is 1.44. The molecule has 1 saturated heterocycles. The first kappa shape index (κ1) is 7.83. The van der Waals surface area contributed by atoms with Crippen LogP contribution in [0.1, 0.15) is 18.8 Å². The van der Waals surface area contributed by atoms with E-state index in [0.29, 0.717) is 0 Å². The Morgan fingerprint density at radius 1 is 1.50 bits per heavy atom. The number of hydrogen-bond acceptors (Lipinski definition) is 3. The lowest BCUT2D eigenvalue weighted by molar-refractivity contribution is -0.0389. The first-order valence-corrected chi connectivity index (χ1v) is 4.26. The molecule has 3 heteroatoms. The van der Waals surface area contributed by atoms with Crippen molar-refractivity contribution in [2.24, 2.45) is 0 Å². The minimum atomic E-state index is 0.0868. The SMILES string of the molecule is CC1CNCC(c2ccco2)O1. The first-order valence-electron chi connectivity index (χ1n) is 4.26. The standard InChI is InChI=1S/C9H13NO2/c1-7-5-10-6-9(12-7)8-3-2-4-11-8/h2-4,7,9-10H,5-6H2,1H3. The van der Waals surface area contributed by atoms with Crippen molar-refractivity contribution in [2.75, 3.05) is 13.1 Å². The van der Waals surface area contributed by atoms with E-state index in [1.54, 1.807) is 6.26 Å². The van der Waals surface area contributed by atoms with Crippen LogP contribution in [0.25, 0.3) is 0 Å². The monoisotopic (exact) mass is 167 g/mol. The Balaban J connectivity index is 2.04. The van der Waals surface area contributed by atoms with E-state index in [1.165, 1.54) is 0 Å². The van der Waals surface area contributed by atoms with E-state index in [9.17, 15) is 0 Å². The summed E-state index contributed by atoms with van der Waals surface area (Å²) in [5.74, 6) is 0.911. The average molecular weight is 167 g/mol. The maximum absolute atomic E-state index is 5.67. The largest absolute Gasteiger partial charge is 0.467 e. The number of nitrogens with one attached hydrogen (secondary N) is 1. The summed E-state index contributed by atoms with van der Waals surface area (Å²) >= 11 is 0. The van der Waals surface area contributed by atoms with Crippen molar-refractivity contribution in [2.45, 2.75) is 19.1 Å². The van der Waals surface area contributed by atoms with Gasteiger partial charge in [-0.1, -0.05) is 0 Å². The minimum Gasteiger partial charge on any atom is -0.467 e. The van der Waals surface area contributed by atoms with Crippen molar-refractivity contribution in [3.8, 4) is 0 Å². The third kappa shape index (κ3) is 1.52. The molecule has 3 nitrogen and oxygen atoms in total. The number of morpholine rings is 1. The first-order chi connectivity index (χ1) is 5.86. The molecule has 0 radical (unpaired) electrons. The third-order valence-corrected chi connectivity index (χ3v) is 2.02. The molecule has 1 aliphatic heterocycles. The number of ether oxygens (including phenoxy) is 1. The lowest BCUT2D eigenvalue weighted by atomic mass is 10.2. The highest BCUT2D eigenvalue weighted by molar-refractivity contribution is 5.03. The van der Waals surface area contributed by atoms with Crippen LogP contribution in [-0.2, 0) is 4.74 Å². The summed E-state index contributed by atoms with van der Waals surface area (Å²) in [6, 6.07) is 3.84. The fourth-order valence-corrected chi connectivity index (χ4v) is 1.44. The van der Waals surface area contributed by atoms with Crippen molar-refractivity contribution in [1.82, 2.24) is 5.32 Å². The van der Waals surface area contributed by atoms with E-state index >= 15 is 0 Å². The fraction of sp³-hybridized carbons (Fsp3) is 0.556. The van der Waals surface area contributed by atoms with Crippen LogP contribution in [-0.4, -0.2) is 19.2 Å². The van der Waals surface area contributed by atoms with E-state index in [1.807, 2.05) is 12.1 Å². The highest BCUT2D eigenvalue weighted by Gasteiger charge is 2.21.